The lowest BCUT2D eigenvalue weighted by Crippen LogP contribution is -2.05. The Morgan fingerprint density at radius 2 is 1.82 bits per heavy atom. The van der Waals surface area contributed by atoms with Crippen molar-refractivity contribution in [3.63, 3.8) is 0 Å². The standard InChI is InChI=1S/C19H19N3/c1-2-5-19(22-13-3-12-21-22)17(4-1)14-20-18-10-8-16(9-11-18)15-6-7-15/h1-5,8-13,15,20H,6-7,14H2. The van der Waals surface area contributed by atoms with Crippen LogP contribution in [0, 0.1) is 0 Å². The van der Waals surface area contributed by atoms with Gasteiger partial charge in [-0.3, -0.25) is 0 Å². The molecule has 22 heavy (non-hydrogen) atoms. The molecule has 1 saturated carbocycles. The van der Waals surface area contributed by atoms with Crippen LogP contribution in [0.3, 0.4) is 0 Å². The normalized spacial score (nSPS) is 14.0. The molecule has 0 aliphatic heterocycles. The highest BCUT2D eigenvalue weighted by Crippen LogP contribution is 2.40. The molecule has 3 heteroatoms. The van der Waals surface area contributed by atoms with E-state index < -0.39 is 0 Å². The van der Waals surface area contributed by atoms with E-state index in [1.807, 2.05) is 23.0 Å². The van der Waals surface area contributed by atoms with Crippen LogP contribution in [0.1, 0.15) is 29.9 Å². The average Bonchev–Trinajstić information content (AvgIpc) is 3.28. The van der Waals surface area contributed by atoms with Gasteiger partial charge in [-0.1, -0.05) is 30.3 Å². The number of hydrogen-bond acceptors (Lipinski definition) is 2. The molecule has 1 heterocycles. The average molecular weight is 289 g/mol. The quantitative estimate of drug-likeness (QED) is 0.756. The van der Waals surface area contributed by atoms with Gasteiger partial charge in [-0.15, -0.1) is 0 Å². The van der Waals surface area contributed by atoms with Crippen LogP contribution in [0.4, 0.5) is 5.69 Å². The minimum Gasteiger partial charge on any atom is -0.381 e. The molecule has 0 unspecified atom stereocenters. The molecule has 1 fully saturated rings. The number of nitrogens with one attached hydrogen (secondary N) is 1. The molecule has 1 N–H and O–H groups in total. The first-order valence-electron chi connectivity index (χ1n) is 7.82. The summed E-state index contributed by atoms with van der Waals surface area (Å²) in [7, 11) is 0. The van der Waals surface area contributed by atoms with Gasteiger partial charge in [0, 0.05) is 24.6 Å². The Kier molecular flexibility index (Phi) is 3.39. The van der Waals surface area contributed by atoms with Crippen LogP contribution in [0.5, 0.6) is 0 Å². The van der Waals surface area contributed by atoms with Crippen LogP contribution in [-0.2, 0) is 6.54 Å². The molecule has 110 valence electrons. The molecule has 1 aromatic heterocycles. The first-order chi connectivity index (χ1) is 10.9. The van der Waals surface area contributed by atoms with Gasteiger partial charge >= 0.3 is 0 Å². The van der Waals surface area contributed by atoms with E-state index in [1.165, 1.54) is 29.7 Å². The van der Waals surface area contributed by atoms with Crippen molar-refractivity contribution in [1.82, 2.24) is 9.78 Å². The number of benzene rings is 2. The predicted molar refractivity (Wildman–Crippen MR) is 89.3 cm³/mol. The van der Waals surface area contributed by atoms with Gasteiger partial charge in [0.25, 0.3) is 0 Å². The number of rotatable bonds is 5. The fourth-order valence-electron chi connectivity index (χ4n) is 2.78. The van der Waals surface area contributed by atoms with Crippen LogP contribution < -0.4 is 5.32 Å². The largest absolute Gasteiger partial charge is 0.381 e. The summed E-state index contributed by atoms with van der Waals surface area (Å²) in [6.07, 6.45) is 6.48. The first kappa shape index (κ1) is 13.1. The summed E-state index contributed by atoms with van der Waals surface area (Å²) in [5, 5.41) is 7.84. The minimum atomic E-state index is 0.790. The van der Waals surface area contributed by atoms with E-state index >= 15 is 0 Å². The van der Waals surface area contributed by atoms with E-state index in [4.69, 9.17) is 0 Å². The van der Waals surface area contributed by atoms with Crippen LogP contribution in [-0.4, -0.2) is 9.78 Å². The zero-order valence-corrected chi connectivity index (χ0v) is 12.4. The molecule has 0 atom stereocenters. The molecule has 0 spiro atoms. The highest BCUT2D eigenvalue weighted by atomic mass is 15.3. The van der Waals surface area contributed by atoms with Crippen molar-refractivity contribution in [2.75, 3.05) is 5.32 Å². The second-order valence-corrected chi connectivity index (χ2v) is 5.83. The summed E-state index contributed by atoms with van der Waals surface area (Å²) in [6.45, 7) is 0.790. The van der Waals surface area contributed by atoms with E-state index in [1.54, 1.807) is 6.20 Å². The van der Waals surface area contributed by atoms with Gasteiger partial charge in [0.05, 0.1) is 5.69 Å². The summed E-state index contributed by atoms with van der Waals surface area (Å²) < 4.78 is 1.91. The number of aromatic nitrogens is 2. The zero-order chi connectivity index (χ0) is 14.8. The van der Waals surface area contributed by atoms with Crippen molar-refractivity contribution in [1.29, 1.82) is 0 Å². The lowest BCUT2D eigenvalue weighted by atomic mass is 10.1. The maximum Gasteiger partial charge on any atom is 0.0695 e. The first-order valence-corrected chi connectivity index (χ1v) is 7.82. The Labute approximate surface area is 130 Å². The molecule has 0 bridgehead atoms. The smallest absolute Gasteiger partial charge is 0.0695 e. The fraction of sp³-hybridized carbons (Fsp3) is 0.211. The highest BCUT2D eigenvalue weighted by Gasteiger charge is 2.22. The van der Waals surface area contributed by atoms with Gasteiger partial charge in [-0.2, -0.15) is 5.10 Å². The third-order valence-electron chi connectivity index (χ3n) is 4.19. The van der Waals surface area contributed by atoms with Gasteiger partial charge in [-0.05, 0) is 54.2 Å². The number of anilines is 1. The molecule has 0 amide bonds. The van der Waals surface area contributed by atoms with Crippen molar-refractivity contribution < 1.29 is 0 Å². The summed E-state index contributed by atoms with van der Waals surface area (Å²) >= 11 is 0. The van der Waals surface area contributed by atoms with Crippen LogP contribution >= 0.6 is 0 Å². The lowest BCUT2D eigenvalue weighted by Gasteiger charge is -2.12. The second kappa shape index (κ2) is 5.68. The maximum atomic E-state index is 4.33. The molecule has 1 aliphatic carbocycles. The van der Waals surface area contributed by atoms with E-state index in [0.717, 1.165) is 18.2 Å². The van der Waals surface area contributed by atoms with Crippen LogP contribution in [0.2, 0.25) is 0 Å². The Morgan fingerprint density at radius 3 is 2.55 bits per heavy atom. The number of nitrogens with zero attached hydrogens (tertiary/aromatic N) is 2. The monoisotopic (exact) mass is 289 g/mol. The van der Waals surface area contributed by atoms with E-state index in [0.29, 0.717) is 0 Å². The molecule has 1 aliphatic rings. The lowest BCUT2D eigenvalue weighted by molar-refractivity contribution is 0.864. The van der Waals surface area contributed by atoms with Crippen LogP contribution in [0.25, 0.3) is 5.69 Å². The molecule has 2 aromatic carbocycles. The van der Waals surface area contributed by atoms with Crippen molar-refractivity contribution in [3.8, 4) is 5.69 Å². The number of para-hydroxylation sites is 1. The van der Waals surface area contributed by atoms with Crippen molar-refractivity contribution in [2.24, 2.45) is 0 Å². The Morgan fingerprint density at radius 1 is 1.00 bits per heavy atom. The van der Waals surface area contributed by atoms with E-state index in [-0.39, 0.29) is 0 Å². The zero-order valence-electron chi connectivity index (χ0n) is 12.4. The summed E-state index contributed by atoms with van der Waals surface area (Å²) in [4.78, 5) is 0. The second-order valence-electron chi connectivity index (χ2n) is 5.83. The maximum absolute atomic E-state index is 4.33. The van der Waals surface area contributed by atoms with Crippen LogP contribution in [0.15, 0.2) is 67.0 Å². The van der Waals surface area contributed by atoms with Crippen molar-refractivity contribution in [2.45, 2.75) is 25.3 Å². The molecular weight excluding hydrogens is 270 g/mol. The molecular formula is C19H19N3. The topological polar surface area (TPSA) is 29.9 Å². The SMILES string of the molecule is c1ccc(-n2cccn2)c(CNc2ccc(C3CC3)cc2)c1. The summed E-state index contributed by atoms with van der Waals surface area (Å²) in [6, 6.07) is 19.2. The van der Waals surface area contributed by atoms with Crippen molar-refractivity contribution >= 4 is 5.69 Å². The Balaban J connectivity index is 1.49. The molecule has 0 radical (unpaired) electrons. The van der Waals surface area contributed by atoms with E-state index in [9.17, 15) is 0 Å². The van der Waals surface area contributed by atoms with Gasteiger partial charge in [0.15, 0.2) is 0 Å². The summed E-state index contributed by atoms with van der Waals surface area (Å²) in [5.74, 6) is 0.814. The Bertz CT molecular complexity index is 741. The van der Waals surface area contributed by atoms with Gasteiger partial charge in [0.2, 0.25) is 0 Å². The fourth-order valence-corrected chi connectivity index (χ4v) is 2.78. The predicted octanol–water partition coefficient (Wildman–Crippen LogP) is 4.36. The van der Waals surface area contributed by atoms with Gasteiger partial charge < -0.3 is 5.32 Å². The molecule has 3 nitrogen and oxygen atoms in total. The van der Waals surface area contributed by atoms with Gasteiger partial charge in [0.1, 0.15) is 0 Å². The molecule has 4 rings (SSSR count). The van der Waals surface area contributed by atoms with Gasteiger partial charge in [-0.25, -0.2) is 4.68 Å². The molecule has 0 saturated heterocycles. The Hall–Kier alpha value is -2.55. The summed E-state index contributed by atoms with van der Waals surface area (Å²) in [5.41, 5.74) is 4.99. The van der Waals surface area contributed by atoms with Crippen molar-refractivity contribution in [3.05, 3.63) is 78.1 Å². The highest BCUT2D eigenvalue weighted by molar-refractivity contribution is 5.48. The van der Waals surface area contributed by atoms with E-state index in [2.05, 4.69) is 52.9 Å². The minimum absolute atomic E-state index is 0.790. The third kappa shape index (κ3) is 2.75. The third-order valence-corrected chi connectivity index (χ3v) is 4.19. The molecule has 3 aromatic rings. The number of hydrogen-bond donors (Lipinski definition) is 1.